The molecular weight excluding hydrogens is 561 g/mol. The van der Waals surface area contributed by atoms with Gasteiger partial charge in [-0.05, 0) is 80.6 Å². The van der Waals surface area contributed by atoms with Crippen molar-refractivity contribution in [1.29, 1.82) is 0 Å². The number of carbonyl (C=O) groups is 3. The number of rotatable bonds is 9. The third-order valence-electron chi connectivity index (χ3n) is 5.93. The summed E-state index contributed by atoms with van der Waals surface area (Å²) in [5.41, 5.74) is 2.38. The minimum Gasteiger partial charge on any atom is -0.325 e. The Hall–Kier alpha value is -4.40. The largest absolute Gasteiger partial charge is 0.325 e. The first-order valence-corrected chi connectivity index (χ1v) is 13.9. The summed E-state index contributed by atoms with van der Waals surface area (Å²) in [6.45, 7) is 3.79. The van der Waals surface area contributed by atoms with Crippen molar-refractivity contribution in [1.82, 2.24) is 5.32 Å². The van der Waals surface area contributed by atoms with E-state index in [0.29, 0.717) is 11.3 Å². The van der Waals surface area contributed by atoms with Gasteiger partial charge >= 0.3 is 0 Å². The lowest BCUT2D eigenvalue weighted by Gasteiger charge is -2.14. The molecule has 0 saturated heterocycles. The molecule has 4 aromatic rings. The molecule has 0 heterocycles. The van der Waals surface area contributed by atoms with Crippen LogP contribution in [0.15, 0.2) is 108 Å². The normalized spacial score (nSPS) is 11.9. The van der Waals surface area contributed by atoms with Crippen molar-refractivity contribution >= 4 is 58.5 Å². The van der Waals surface area contributed by atoms with Gasteiger partial charge in [0, 0.05) is 27.4 Å². The lowest BCUT2D eigenvalue weighted by Crippen LogP contribution is -2.30. The van der Waals surface area contributed by atoms with Crippen LogP contribution in [0, 0.1) is 12.7 Å². The van der Waals surface area contributed by atoms with E-state index < -0.39 is 17.6 Å². The minimum absolute atomic E-state index is 0.0303. The quantitative estimate of drug-likeness (QED) is 0.141. The highest BCUT2D eigenvalue weighted by atomic mass is 35.5. The van der Waals surface area contributed by atoms with Crippen LogP contribution in [-0.4, -0.2) is 23.0 Å². The van der Waals surface area contributed by atoms with Crippen molar-refractivity contribution in [2.24, 2.45) is 0 Å². The van der Waals surface area contributed by atoms with Gasteiger partial charge in [-0.1, -0.05) is 53.6 Å². The molecule has 0 radical (unpaired) electrons. The second-order valence-corrected chi connectivity index (χ2v) is 10.9. The minimum atomic E-state index is -0.667. The molecule has 9 heteroatoms. The van der Waals surface area contributed by atoms with Crippen LogP contribution in [0.3, 0.4) is 0 Å². The van der Waals surface area contributed by atoms with Crippen molar-refractivity contribution < 1.29 is 18.8 Å². The highest BCUT2D eigenvalue weighted by molar-refractivity contribution is 8.00. The monoisotopic (exact) mass is 587 g/mol. The van der Waals surface area contributed by atoms with Crippen molar-refractivity contribution in [3.05, 3.63) is 130 Å². The third kappa shape index (κ3) is 8.30. The van der Waals surface area contributed by atoms with Crippen LogP contribution < -0.4 is 16.0 Å². The van der Waals surface area contributed by atoms with Crippen molar-refractivity contribution in [2.45, 2.75) is 24.0 Å². The molecule has 0 fully saturated rings. The molecule has 0 aliphatic carbocycles. The van der Waals surface area contributed by atoms with Gasteiger partial charge < -0.3 is 16.0 Å². The molecule has 0 aliphatic rings. The van der Waals surface area contributed by atoms with Gasteiger partial charge in [0.2, 0.25) is 5.91 Å². The van der Waals surface area contributed by atoms with E-state index in [4.69, 9.17) is 11.6 Å². The average molecular weight is 588 g/mol. The molecule has 0 spiro atoms. The van der Waals surface area contributed by atoms with Crippen LogP contribution in [-0.2, 0) is 9.59 Å². The Morgan fingerprint density at radius 3 is 2.12 bits per heavy atom. The summed E-state index contributed by atoms with van der Waals surface area (Å²) in [6, 6.07) is 27.0. The van der Waals surface area contributed by atoms with Gasteiger partial charge in [-0.3, -0.25) is 14.4 Å². The highest BCUT2D eigenvalue weighted by Crippen LogP contribution is 2.26. The number of hydrogen-bond donors (Lipinski definition) is 3. The number of carbonyl (C=O) groups excluding carboxylic acids is 3. The molecule has 0 aromatic heterocycles. The van der Waals surface area contributed by atoms with Crippen molar-refractivity contribution in [3.63, 3.8) is 0 Å². The summed E-state index contributed by atoms with van der Waals surface area (Å²) in [5, 5.41) is 7.91. The summed E-state index contributed by atoms with van der Waals surface area (Å²) >= 11 is 7.53. The Morgan fingerprint density at radius 2 is 1.46 bits per heavy atom. The SMILES string of the molecule is Cc1ccc(NC(=O)C(C)Sc2ccc(NC(=O)/C(=C/c3c(F)cccc3Cl)NC(=O)c3ccccc3)cc2)cc1. The summed E-state index contributed by atoms with van der Waals surface area (Å²) < 4.78 is 14.5. The van der Waals surface area contributed by atoms with E-state index in [0.717, 1.165) is 16.1 Å². The predicted molar refractivity (Wildman–Crippen MR) is 163 cm³/mol. The van der Waals surface area contributed by atoms with Gasteiger partial charge in [0.05, 0.1) is 10.3 Å². The fourth-order valence-electron chi connectivity index (χ4n) is 3.69. The fourth-order valence-corrected chi connectivity index (χ4v) is 4.77. The molecular formula is C32H27ClFN3O3S. The van der Waals surface area contributed by atoms with E-state index in [2.05, 4.69) is 16.0 Å². The average Bonchev–Trinajstić information content (AvgIpc) is 2.97. The summed E-state index contributed by atoms with van der Waals surface area (Å²) in [4.78, 5) is 39.5. The lowest BCUT2D eigenvalue weighted by molar-refractivity contribution is -0.115. The molecule has 1 unspecified atom stereocenters. The molecule has 4 rings (SSSR count). The number of benzene rings is 4. The highest BCUT2D eigenvalue weighted by Gasteiger charge is 2.18. The van der Waals surface area contributed by atoms with Crippen molar-refractivity contribution in [3.8, 4) is 0 Å². The number of hydrogen-bond acceptors (Lipinski definition) is 4. The van der Waals surface area contributed by atoms with Gasteiger partial charge in [-0.2, -0.15) is 0 Å². The van der Waals surface area contributed by atoms with Gasteiger partial charge in [0.15, 0.2) is 0 Å². The van der Waals surface area contributed by atoms with Crippen LogP contribution in [0.2, 0.25) is 5.02 Å². The molecule has 208 valence electrons. The zero-order valence-electron chi connectivity index (χ0n) is 22.3. The molecule has 1 atom stereocenters. The van der Waals surface area contributed by atoms with Crippen LogP contribution in [0.25, 0.3) is 6.08 Å². The first-order chi connectivity index (χ1) is 19.7. The number of anilines is 2. The van der Waals surface area contributed by atoms with Crippen LogP contribution in [0.5, 0.6) is 0 Å². The van der Waals surface area contributed by atoms with Gasteiger partial charge in [0.25, 0.3) is 11.8 Å². The number of aryl methyl sites for hydroxylation is 1. The number of thioether (sulfide) groups is 1. The van der Waals surface area contributed by atoms with Crippen molar-refractivity contribution in [2.75, 3.05) is 10.6 Å². The van der Waals surface area contributed by atoms with Crippen LogP contribution >= 0.6 is 23.4 Å². The van der Waals surface area contributed by atoms with E-state index in [-0.39, 0.29) is 27.4 Å². The summed E-state index contributed by atoms with van der Waals surface area (Å²) in [7, 11) is 0. The fraction of sp³-hybridized carbons (Fsp3) is 0.0938. The molecule has 6 nitrogen and oxygen atoms in total. The Balaban J connectivity index is 1.46. The van der Waals surface area contributed by atoms with Gasteiger partial charge in [-0.25, -0.2) is 4.39 Å². The standard InChI is InChI=1S/C32H27ClFN3O3S/c1-20-11-13-23(14-12-20)35-30(38)21(2)41-25-17-15-24(16-18-25)36-32(40)29(19-26-27(33)9-6-10-28(26)34)37-31(39)22-7-4-3-5-8-22/h3-19,21H,1-2H3,(H,35,38)(H,36,40)(H,37,39)/b29-19-. The number of halogens is 2. The lowest BCUT2D eigenvalue weighted by atomic mass is 10.1. The Kier molecular flexibility index (Phi) is 9.95. The second kappa shape index (κ2) is 13.8. The smallest absolute Gasteiger partial charge is 0.272 e. The molecule has 0 aliphatic heterocycles. The van der Waals surface area contributed by atoms with Crippen LogP contribution in [0.1, 0.15) is 28.4 Å². The summed E-state index contributed by atoms with van der Waals surface area (Å²) in [6.07, 6.45) is 1.20. The zero-order valence-corrected chi connectivity index (χ0v) is 23.9. The molecule has 41 heavy (non-hydrogen) atoms. The maximum Gasteiger partial charge on any atom is 0.272 e. The first-order valence-electron chi connectivity index (χ1n) is 12.7. The van der Waals surface area contributed by atoms with E-state index in [1.165, 1.54) is 36.0 Å². The molecule has 3 N–H and O–H groups in total. The predicted octanol–water partition coefficient (Wildman–Crippen LogP) is 7.32. The second-order valence-electron chi connectivity index (χ2n) is 9.11. The third-order valence-corrected chi connectivity index (χ3v) is 7.37. The molecule has 0 bridgehead atoms. The molecule has 0 saturated carbocycles. The van der Waals surface area contributed by atoms with E-state index in [9.17, 15) is 18.8 Å². The Morgan fingerprint density at radius 1 is 0.829 bits per heavy atom. The maximum absolute atomic E-state index is 14.5. The number of nitrogens with one attached hydrogen (secondary N) is 3. The zero-order chi connectivity index (χ0) is 29.4. The topological polar surface area (TPSA) is 87.3 Å². The van der Waals surface area contributed by atoms with Crippen LogP contribution in [0.4, 0.5) is 15.8 Å². The Bertz CT molecular complexity index is 1560. The Labute approximate surface area is 247 Å². The number of amides is 3. The molecule has 3 amide bonds. The first kappa shape index (κ1) is 29.6. The van der Waals surface area contributed by atoms with E-state index in [1.807, 2.05) is 38.1 Å². The van der Waals surface area contributed by atoms with Gasteiger partial charge in [0.1, 0.15) is 11.5 Å². The van der Waals surface area contributed by atoms with E-state index in [1.54, 1.807) is 54.6 Å². The van der Waals surface area contributed by atoms with Gasteiger partial charge in [-0.15, -0.1) is 11.8 Å². The maximum atomic E-state index is 14.5. The van der Waals surface area contributed by atoms with E-state index >= 15 is 0 Å². The molecule has 4 aromatic carbocycles. The summed E-state index contributed by atoms with van der Waals surface area (Å²) in [5.74, 6) is -1.98.